The Morgan fingerprint density at radius 3 is 2.60 bits per heavy atom. The van der Waals surface area contributed by atoms with Crippen LogP contribution in [0.5, 0.6) is 5.75 Å². The quantitative estimate of drug-likeness (QED) is 0.682. The second-order valence-electron chi connectivity index (χ2n) is 5.58. The molecule has 0 radical (unpaired) electrons. The summed E-state index contributed by atoms with van der Waals surface area (Å²) in [5.74, 6) is 0.117. The first-order valence-electron chi connectivity index (χ1n) is 7.47. The van der Waals surface area contributed by atoms with Gasteiger partial charge in [-0.3, -0.25) is 4.98 Å². The Kier molecular flexibility index (Phi) is 5.08. The van der Waals surface area contributed by atoms with Gasteiger partial charge in [0.25, 0.3) is 0 Å². The SMILES string of the molecule is COc1ccc(Br)cc1S(=O)(=O)Cc1cnc2ccc(CO)cc2c1. The molecule has 130 valence electrons. The summed E-state index contributed by atoms with van der Waals surface area (Å²) in [5.41, 5.74) is 2.07. The summed E-state index contributed by atoms with van der Waals surface area (Å²) >= 11 is 3.30. The van der Waals surface area contributed by atoms with Gasteiger partial charge in [-0.25, -0.2) is 8.42 Å². The molecular weight excluding hydrogens is 406 g/mol. The molecule has 7 heteroatoms. The molecule has 0 unspecified atom stereocenters. The van der Waals surface area contributed by atoms with Crippen molar-refractivity contribution in [1.82, 2.24) is 4.98 Å². The smallest absolute Gasteiger partial charge is 0.186 e. The van der Waals surface area contributed by atoms with Gasteiger partial charge in [-0.1, -0.05) is 22.0 Å². The van der Waals surface area contributed by atoms with Crippen LogP contribution in [0.15, 0.2) is 58.0 Å². The van der Waals surface area contributed by atoms with E-state index in [1.165, 1.54) is 13.2 Å². The van der Waals surface area contributed by atoms with E-state index >= 15 is 0 Å². The molecule has 1 N–H and O–H groups in total. The second kappa shape index (κ2) is 7.11. The summed E-state index contributed by atoms with van der Waals surface area (Å²) in [6, 6.07) is 12.1. The number of halogens is 1. The largest absolute Gasteiger partial charge is 0.495 e. The number of ether oxygens (including phenoxy) is 1. The van der Waals surface area contributed by atoms with Gasteiger partial charge in [0, 0.05) is 16.1 Å². The van der Waals surface area contributed by atoms with Gasteiger partial charge in [-0.05, 0) is 47.5 Å². The Morgan fingerprint density at radius 2 is 1.88 bits per heavy atom. The number of aliphatic hydroxyl groups excluding tert-OH is 1. The molecule has 0 saturated carbocycles. The summed E-state index contributed by atoms with van der Waals surface area (Å²) < 4.78 is 31.5. The van der Waals surface area contributed by atoms with Crippen molar-refractivity contribution in [1.29, 1.82) is 0 Å². The fourth-order valence-corrected chi connectivity index (χ4v) is 4.62. The fraction of sp³-hybridized carbons (Fsp3) is 0.167. The van der Waals surface area contributed by atoms with Crippen LogP contribution in [0.2, 0.25) is 0 Å². The predicted molar refractivity (Wildman–Crippen MR) is 99.2 cm³/mol. The number of rotatable bonds is 5. The molecule has 0 fully saturated rings. The van der Waals surface area contributed by atoms with E-state index in [9.17, 15) is 13.5 Å². The van der Waals surface area contributed by atoms with Crippen LogP contribution in [-0.4, -0.2) is 25.6 Å². The van der Waals surface area contributed by atoms with Crippen LogP contribution in [0, 0.1) is 0 Å². The Hall–Kier alpha value is -1.96. The van der Waals surface area contributed by atoms with Gasteiger partial charge in [0.2, 0.25) is 0 Å². The van der Waals surface area contributed by atoms with E-state index in [0.717, 1.165) is 16.5 Å². The molecule has 0 amide bonds. The van der Waals surface area contributed by atoms with Crippen LogP contribution in [0.25, 0.3) is 10.9 Å². The second-order valence-corrected chi connectivity index (χ2v) is 8.46. The highest BCUT2D eigenvalue weighted by Crippen LogP contribution is 2.30. The number of methoxy groups -OCH3 is 1. The molecule has 0 aliphatic rings. The highest BCUT2D eigenvalue weighted by molar-refractivity contribution is 9.10. The van der Waals surface area contributed by atoms with Gasteiger partial charge < -0.3 is 9.84 Å². The maximum atomic E-state index is 12.8. The van der Waals surface area contributed by atoms with Gasteiger partial charge >= 0.3 is 0 Å². The lowest BCUT2D eigenvalue weighted by Crippen LogP contribution is -2.07. The lowest BCUT2D eigenvalue weighted by atomic mass is 10.1. The Balaban J connectivity index is 2.01. The number of nitrogens with zero attached hydrogens (tertiary/aromatic N) is 1. The zero-order valence-corrected chi connectivity index (χ0v) is 15.8. The van der Waals surface area contributed by atoms with Crippen molar-refractivity contribution >= 4 is 36.7 Å². The van der Waals surface area contributed by atoms with Gasteiger partial charge in [-0.15, -0.1) is 0 Å². The van der Waals surface area contributed by atoms with Gasteiger partial charge in [0.15, 0.2) is 9.84 Å². The summed E-state index contributed by atoms with van der Waals surface area (Å²) in [7, 11) is -2.17. The Labute approximate surface area is 154 Å². The van der Waals surface area contributed by atoms with E-state index in [-0.39, 0.29) is 17.3 Å². The standard InChI is InChI=1S/C18H16BrNO4S/c1-24-17-5-3-15(19)8-18(17)25(22,23)11-13-7-14-6-12(10-21)2-4-16(14)20-9-13/h2-9,21H,10-11H2,1H3. The lowest BCUT2D eigenvalue weighted by molar-refractivity contribution is 0.282. The number of fused-ring (bicyclic) bond motifs is 1. The molecular formula is C18H16BrNO4S. The molecule has 1 aromatic heterocycles. The summed E-state index contributed by atoms with van der Waals surface area (Å²) in [6.07, 6.45) is 1.56. The van der Waals surface area contributed by atoms with Crippen molar-refractivity contribution in [3.63, 3.8) is 0 Å². The number of benzene rings is 2. The molecule has 5 nitrogen and oxygen atoms in total. The Morgan fingerprint density at radius 1 is 1.12 bits per heavy atom. The number of aromatic nitrogens is 1. The van der Waals surface area contributed by atoms with E-state index in [1.807, 2.05) is 0 Å². The van der Waals surface area contributed by atoms with E-state index in [1.54, 1.807) is 42.6 Å². The van der Waals surface area contributed by atoms with Crippen molar-refractivity contribution in [2.45, 2.75) is 17.3 Å². The van der Waals surface area contributed by atoms with Crippen molar-refractivity contribution in [2.24, 2.45) is 0 Å². The van der Waals surface area contributed by atoms with Crippen LogP contribution in [-0.2, 0) is 22.2 Å². The normalized spacial score (nSPS) is 11.6. The predicted octanol–water partition coefficient (Wildman–Crippen LogP) is 3.47. The lowest BCUT2D eigenvalue weighted by Gasteiger charge is -2.10. The third-order valence-electron chi connectivity index (χ3n) is 3.80. The van der Waals surface area contributed by atoms with Crippen LogP contribution in [0.4, 0.5) is 0 Å². The number of sulfone groups is 1. The highest BCUT2D eigenvalue weighted by atomic mass is 79.9. The van der Waals surface area contributed by atoms with Crippen molar-refractivity contribution < 1.29 is 18.3 Å². The molecule has 3 aromatic rings. The highest BCUT2D eigenvalue weighted by Gasteiger charge is 2.21. The number of hydrogen-bond donors (Lipinski definition) is 1. The topological polar surface area (TPSA) is 76.5 Å². The number of aliphatic hydroxyl groups is 1. The summed E-state index contributed by atoms with van der Waals surface area (Å²) in [4.78, 5) is 4.44. The number of hydrogen-bond acceptors (Lipinski definition) is 5. The minimum absolute atomic E-state index is 0.0757. The van der Waals surface area contributed by atoms with Crippen LogP contribution < -0.4 is 4.74 Å². The van der Waals surface area contributed by atoms with Crippen LogP contribution in [0.3, 0.4) is 0 Å². The first kappa shape index (κ1) is 17.8. The zero-order valence-electron chi connectivity index (χ0n) is 13.4. The third-order valence-corrected chi connectivity index (χ3v) is 6.00. The molecule has 0 spiro atoms. The molecule has 0 aliphatic carbocycles. The molecule has 2 aromatic carbocycles. The molecule has 25 heavy (non-hydrogen) atoms. The average Bonchev–Trinajstić information content (AvgIpc) is 2.60. The van der Waals surface area contributed by atoms with Crippen molar-refractivity contribution in [2.75, 3.05) is 7.11 Å². The van der Waals surface area contributed by atoms with Crippen LogP contribution >= 0.6 is 15.9 Å². The Bertz CT molecular complexity index is 1030. The summed E-state index contributed by atoms with van der Waals surface area (Å²) in [5, 5.41) is 10.0. The van der Waals surface area contributed by atoms with Crippen LogP contribution in [0.1, 0.15) is 11.1 Å². The average molecular weight is 422 g/mol. The van der Waals surface area contributed by atoms with Crippen molar-refractivity contribution in [3.05, 3.63) is 64.3 Å². The summed E-state index contributed by atoms with van der Waals surface area (Å²) in [6.45, 7) is -0.0757. The molecule has 0 saturated heterocycles. The van der Waals surface area contributed by atoms with Gasteiger partial charge in [-0.2, -0.15) is 0 Å². The van der Waals surface area contributed by atoms with E-state index in [0.29, 0.717) is 15.8 Å². The molecule has 0 bridgehead atoms. The maximum absolute atomic E-state index is 12.8. The first-order valence-corrected chi connectivity index (χ1v) is 9.92. The van der Waals surface area contributed by atoms with E-state index in [4.69, 9.17) is 4.74 Å². The zero-order chi connectivity index (χ0) is 18.0. The van der Waals surface area contributed by atoms with Gasteiger partial charge in [0.05, 0.1) is 25.0 Å². The molecule has 0 atom stereocenters. The minimum Gasteiger partial charge on any atom is -0.495 e. The minimum atomic E-state index is -3.61. The molecule has 0 aliphatic heterocycles. The third kappa shape index (κ3) is 3.84. The van der Waals surface area contributed by atoms with Gasteiger partial charge in [0.1, 0.15) is 10.6 Å². The fourth-order valence-electron chi connectivity index (χ4n) is 2.59. The van der Waals surface area contributed by atoms with E-state index < -0.39 is 9.84 Å². The van der Waals surface area contributed by atoms with E-state index in [2.05, 4.69) is 20.9 Å². The monoisotopic (exact) mass is 421 g/mol. The van der Waals surface area contributed by atoms with Crippen molar-refractivity contribution in [3.8, 4) is 5.75 Å². The molecule has 1 heterocycles. The number of pyridine rings is 1. The maximum Gasteiger partial charge on any atom is 0.186 e. The first-order chi connectivity index (χ1) is 11.9. The molecule has 3 rings (SSSR count).